The monoisotopic (exact) mass is 459 g/mol. The Morgan fingerprint density at radius 1 is 0.625 bits per heavy atom. The number of hydrogen-bond acceptors (Lipinski definition) is 6. The Labute approximate surface area is 175 Å². The van der Waals surface area contributed by atoms with Crippen molar-refractivity contribution in [2.75, 3.05) is 0 Å². The molecule has 1 heterocycles. The molecule has 2 aromatic carbocycles. The minimum Gasteiger partial charge on any atom is -0.455 e. The van der Waals surface area contributed by atoms with Gasteiger partial charge >= 0.3 is 12.7 Å². The Bertz CT molecular complexity index is 986. The quantitative estimate of drug-likeness (QED) is 0.306. The molecule has 3 rings (SSSR count). The van der Waals surface area contributed by atoms with Crippen LogP contribution in [0, 0.1) is 0 Å². The summed E-state index contributed by atoms with van der Waals surface area (Å²) >= 11 is 0. The number of halogens is 6. The first kappa shape index (κ1) is 22.7. The molecule has 0 N–H and O–H groups in total. The molecule has 0 amide bonds. The van der Waals surface area contributed by atoms with Crippen molar-refractivity contribution in [1.82, 2.24) is 4.98 Å². The molecular weight excluding hydrogens is 448 g/mol. The summed E-state index contributed by atoms with van der Waals surface area (Å²) in [5.74, 6) is -0.911. The van der Waals surface area contributed by atoms with Crippen LogP contribution >= 0.6 is 0 Å². The number of carbonyl (C=O) groups is 1. The molecule has 0 aliphatic carbocycles. The summed E-state index contributed by atoms with van der Waals surface area (Å²) in [5, 5.41) is 0. The van der Waals surface area contributed by atoms with Gasteiger partial charge in [-0.3, -0.25) is 9.78 Å². The number of pyridine rings is 1. The van der Waals surface area contributed by atoms with Gasteiger partial charge in [-0.15, -0.1) is 26.3 Å². The van der Waals surface area contributed by atoms with E-state index in [1.807, 2.05) is 0 Å². The Morgan fingerprint density at radius 2 is 0.969 bits per heavy atom. The van der Waals surface area contributed by atoms with Gasteiger partial charge in [0.1, 0.15) is 28.6 Å². The highest BCUT2D eigenvalue weighted by atomic mass is 19.4. The van der Waals surface area contributed by atoms with E-state index in [-0.39, 0.29) is 28.6 Å². The van der Waals surface area contributed by atoms with E-state index >= 15 is 0 Å². The SMILES string of the molecule is O=Cc1c(Oc2ccc(OC(F)(F)F)cc2)cncc1Oc1ccc(OC(F)(F)F)cc1. The Hall–Kier alpha value is -3.96. The molecule has 1 aromatic heterocycles. The van der Waals surface area contributed by atoms with Crippen molar-refractivity contribution in [2.24, 2.45) is 0 Å². The number of alkyl halides is 6. The lowest BCUT2D eigenvalue weighted by atomic mass is 10.2. The third-order valence-corrected chi connectivity index (χ3v) is 3.60. The van der Waals surface area contributed by atoms with Crippen LogP contribution in [0.4, 0.5) is 26.3 Å². The van der Waals surface area contributed by atoms with E-state index in [9.17, 15) is 31.1 Å². The maximum Gasteiger partial charge on any atom is 0.573 e. The van der Waals surface area contributed by atoms with E-state index < -0.39 is 24.2 Å². The normalized spacial score (nSPS) is 11.6. The van der Waals surface area contributed by atoms with Crippen molar-refractivity contribution in [1.29, 1.82) is 0 Å². The van der Waals surface area contributed by atoms with Gasteiger partial charge in [-0.05, 0) is 48.5 Å². The molecule has 0 saturated heterocycles. The summed E-state index contributed by atoms with van der Waals surface area (Å²) in [6, 6.07) is 8.79. The smallest absolute Gasteiger partial charge is 0.455 e. The summed E-state index contributed by atoms with van der Waals surface area (Å²) in [5.41, 5.74) is -0.0914. The number of aromatic nitrogens is 1. The van der Waals surface area contributed by atoms with Crippen molar-refractivity contribution >= 4 is 6.29 Å². The average Bonchev–Trinajstić information content (AvgIpc) is 2.69. The van der Waals surface area contributed by atoms with Crippen LogP contribution in [-0.2, 0) is 0 Å². The van der Waals surface area contributed by atoms with Gasteiger partial charge in [0.05, 0.1) is 12.4 Å². The highest BCUT2D eigenvalue weighted by Gasteiger charge is 2.31. The van der Waals surface area contributed by atoms with E-state index in [4.69, 9.17) is 9.47 Å². The maximum atomic E-state index is 12.2. The molecular formula is C20H11F6NO5. The summed E-state index contributed by atoms with van der Waals surface area (Å²) in [4.78, 5) is 15.4. The predicted octanol–water partition coefficient (Wildman–Crippen LogP) is 6.28. The number of rotatable bonds is 7. The lowest BCUT2D eigenvalue weighted by Gasteiger charge is -2.13. The minimum absolute atomic E-state index is 0.0704. The zero-order chi connectivity index (χ0) is 23.4. The van der Waals surface area contributed by atoms with Gasteiger partial charge in [-0.1, -0.05) is 0 Å². The van der Waals surface area contributed by atoms with Crippen LogP contribution in [0.3, 0.4) is 0 Å². The predicted molar refractivity (Wildman–Crippen MR) is 96.0 cm³/mol. The fourth-order valence-electron chi connectivity index (χ4n) is 2.38. The summed E-state index contributed by atoms with van der Waals surface area (Å²) in [6.07, 6.45) is -6.94. The molecule has 0 spiro atoms. The standard InChI is InChI=1S/C20H11F6NO5/c21-19(22,23)31-14-5-1-12(2-6-14)29-17-9-27-10-18(16(17)11-28)30-13-3-7-15(8-4-13)32-20(24,25)26/h1-11H. The largest absolute Gasteiger partial charge is 0.573 e. The van der Waals surface area contributed by atoms with Gasteiger partial charge in [0.2, 0.25) is 0 Å². The van der Waals surface area contributed by atoms with Crippen LogP contribution in [0.5, 0.6) is 34.5 Å². The summed E-state index contributed by atoms with van der Waals surface area (Å²) in [7, 11) is 0. The maximum absolute atomic E-state index is 12.2. The van der Waals surface area contributed by atoms with E-state index in [0.29, 0.717) is 6.29 Å². The van der Waals surface area contributed by atoms with E-state index in [0.717, 1.165) is 24.3 Å². The van der Waals surface area contributed by atoms with Gasteiger partial charge in [-0.25, -0.2) is 0 Å². The van der Waals surface area contributed by atoms with Crippen molar-refractivity contribution in [3.8, 4) is 34.5 Å². The fourth-order valence-corrected chi connectivity index (χ4v) is 2.38. The second kappa shape index (κ2) is 9.04. The second-order valence-electron chi connectivity index (χ2n) is 5.91. The van der Waals surface area contributed by atoms with Crippen molar-refractivity contribution in [3.63, 3.8) is 0 Å². The lowest BCUT2D eigenvalue weighted by molar-refractivity contribution is -0.275. The molecule has 0 bridgehead atoms. The Kier molecular flexibility index (Phi) is 6.42. The molecule has 168 valence electrons. The molecule has 0 saturated carbocycles. The van der Waals surface area contributed by atoms with E-state index in [2.05, 4.69) is 14.5 Å². The third-order valence-electron chi connectivity index (χ3n) is 3.60. The minimum atomic E-state index is -4.85. The van der Waals surface area contributed by atoms with E-state index in [1.165, 1.54) is 36.7 Å². The van der Waals surface area contributed by atoms with Gasteiger partial charge < -0.3 is 18.9 Å². The number of nitrogens with zero attached hydrogens (tertiary/aromatic N) is 1. The zero-order valence-corrected chi connectivity index (χ0v) is 15.6. The number of carbonyl (C=O) groups excluding carboxylic acids is 1. The first-order valence-corrected chi connectivity index (χ1v) is 8.53. The van der Waals surface area contributed by atoms with Crippen molar-refractivity contribution in [3.05, 3.63) is 66.5 Å². The topological polar surface area (TPSA) is 66.9 Å². The summed E-state index contributed by atoms with van der Waals surface area (Å²) in [6.45, 7) is 0. The van der Waals surface area contributed by atoms with Crippen LogP contribution in [0.1, 0.15) is 10.4 Å². The molecule has 32 heavy (non-hydrogen) atoms. The lowest BCUT2D eigenvalue weighted by Crippen LogP contribution is -2.16. The fraction of sp³-hybridized carbons (Fsp3) is 0.100. The molecule has 0 fully saturated rings. The van der Waals surface area contributed by atoms with Gasteiger partial charge in [0.15, 0.2) is 17.8 Å². The number of hydrogen-bond donors (Lipinski definition) is 0. The zero-order valence-electron chi connectivity index (χ0n) is 15.6. The van der Waals surface area contributed by atoms with Crippen LogP contribution in [-0.4, -0.2) is 24.0 Å². The molecule has 3 aromatic rings. The Morgan fingerprint density at radius 3 is 1.28 bits per heavy atom. The first-order chi connectivity index (χ1) is 15.0. The molecule has 0 aliphatic heterocycles. The number of benzene rings is 2. The van der Waals surface area contributed by atoms with Crippen molar-refractivity contribution in [2.45, 2.75) is 12.7 Å². The average molecular weight is 459 g/mol. The number of aldehydes is 1. The first-order valence-electron chi connectivity index (χ1n) is 8.53. The second-order valence-corrected chi connectivity index (χ2v) is 5.91. The van der Waals surface area contributed by atoms with Gasteiger partial charge in [0, 0.05) is 0 Å². The van der Waals surface area contributed by atoms with Crippen LogP contribution < -0.4 is 18.9 Å². The van der Waals surface area contributed by atoms with Gasteiger partial charge in [0.25, 0.3) is 0 Å². The molecule has 0 unspecified atom stereocenters. The van der Waals surface area contributed by atoms with E-state index in [1.54, 1.807) is 0 Å². The molecule has 6 nitrogen and oxygen atoms in total. The van der Waals surface area contributed by atoms with Crippen LogP contribution in [0.2, 0.25) is 0 Å². The molecule has 0 aliphatic rings. The third kappa shape index (κ3) is 6.52. The van der Waals surface area contributed by atoms with Gasteiger partial charge in [-0.2, -0.15) is 0 Å². The van der Waals surface area contributed by atoms with Crippen LogP contribution in [0.25, 0.3) is 0 Å². The molecule has 0 radical (unpaired) electrons. The Balaban J connectivity index is 1.76. The number of ether oxygens (including phenoxy) is 4. The van der Waals surface area contributed by atoms with Crippen molar-refractivity contribution < 1.29 is 50.1 Å². The summed E-state index contributed by atoms with van der Waals surface area (Å²) < 4.78 is 91.9. The molecule has 0 atom stereocenters. The highest BCUT2D eigenvalue weighted by Crippen LogP contribution is 2.34. The molecule has 12 heteroatoms. The van der Waals surface area contributed by atoms with Crippen LogP contribution in [0.15, 0.2) is 60.9 Å². The highest BCUT2D eigenvalue weighted by molar-refractivity contribution is 5.83.